The lowest BCUT2D eigenvalue weighted by atomic mass is 9.94. The number of unbranched alkanes of at least 4 members (excludes halogenated alkanes) is 32. The summed E-state index contributed by atoms with van der Waals surface area (Å²) in [5.41, 5.74) is 5.89. The first-order chi connectivity index (χ1) is 30.9. The summed E-state index contributed by atoms with van der Waals surface area (Å²) in [5, 5.41) is 0. The number of primary amides is 1. The van der Waals surface area contributed by atoms with Gasteiger partial charge in [-0.05, 0) is 103 Å². The molecule has 0 bridgehead atoms. The second kappa shape index (κ2) is 50.6. The monoisotopic (exact) mass is 884 g/mol. The van der Waals surface area contributed by atoms with Gasteiger partial charge in [-0.25, -0.2) is 0 Å². The van der Waals surface area contributed by atoms with E-state index in [-0.39, 0.29) is 24.5 Å². The Balaban J connectivity index is 4.62. The Morgan fingerprint density at radius 2 is 0.698 bits per heavy atom. The molecule has 6 nitrogen and oxygen atoms in total. The average molecular weight is 884 g/mol. The zero-order valence-electron chi connectivity index (χ0n) is 42.1. The van der Waals surface area contributed by atoms with E-state index < -0.39 is 12.0 Å². The van der Waals surface area contributed by atoms with Crippen LogP contribution in [0.1, 0.15) is 290 Å². The van der Waals surface area contributed by atoms with E-state index in [1.807, 2.05) is 0 Å². The quantitative estimate of drug-likeness (QED) is 0.0373. The standard InChI is InChI=1S/C57H105NO5/c1-4-7-10-13-16-19-22-25-28-31-34-37-40-43-46-49-55(59)62-52-54(63-56(60)50-47-44-41-38-35-32-29-26-23-20-17-14-11-8-5-2)51-53(57(58)61)48-45-42-39-36-33-30-27-24-21-18-15-12-9-6-3/h25-30,53-54H,4-24,31-52H2,1-3H3,(H2,58,61). The first-order valence-electron chi connectivity index (χ1n) is 27.5. The maximum Gasteiger partial charge on any atom is 0.306 e. The summed E-state index contributed by atoms with van der Waals surface area (Å²) in [6, 6.07) is 0. The number of nitrogens with two attached hydrogens (primary N) is 1. The van der Waals surface area contributed by atoms with Gasteiger partial charge in [-0.3, -0.25) is 14.4 Å². The SMILES string of the molecule is CCCCCCCCC=CCCCCCCCC(=O)OCC(CC(CCCCCCC=CCCCCCCCC)C(N)=O)OC(=O)CCCCCCCC=CCCCCCCCC. The zero-order valence-corrected chi connectivity index (χ0v) is 42.1. The van der Waals surface area contributed by atoms with Crippen LogP contribution in [0.25, 0.3) is 0 Å². The number of carbonyl (C=O) groups is 3. The maximum absolute atomic E-state index is 13.0. The Morgan fingerprint density at radius 3 is 1.05 bits per heavy atom. The fourth-order valence-electron chi connectivity index (χ4n) is 8.31. The van der Waals surface area contributed by atoms with Gasteiger partial charge < -0.3 is 15.2 Å². The molecule has 1 amide bonds. The van der Waals surface area contributed by atoms with Gasteiger partial charge in [0, 0.05) is 18.8 Å². The number of allylic oxidation sites excluding steroid dienone is 6. The van der Waals surface area contributed by atoms with Crippen molar-refractivity contribution in [3.05, 3.63) is 36.5 Å². The van der Waals surface area contributed by atoms with Crippen molar-refractivity contribution in [3.63, 3.8) is 0 Å². The van der Waals surface area contributed by atoms with Crippen molar-refractivity contribution in [3.8, 4) is 0 Å². The average Bonchev–Trinajstić information content (AvgIpc) is 3.27. The minimum atomic E-state index is -0.659. The molecule has 6 heteroatoms. The summed E-state index contributed by atoms with van der Waals surface area (Å²) in [6.07, 6.45) is 60.9. The van der Waals surface area contributed by atoms with Gasteiger partial charge in [-0.2, -0.15) is 0 Å². The van der Waals surface area contributed by atoms with E-state index in [4.69, 9.17) is 15.2 Å². The van der Waals surface area contributed by atoms with Crippen LogP contribution in [0.2, 0.25) is 0 Å². The fraction of sp³-hybridized carbons (Fsp3) is 0.842. The first-order valence-corrected chi connectivity index (χ1v) is 27.5. The molecule has 0 aliphatic heterocycles. The molecule has 0 aliphatic rings. The van der Waals surface area contributed by atoms with Crippen molar-refractivity contribution in [2.24, 2.45) is 11.7 Å². The number of amides is 1. The van der Waals surface area contributed by atoms with Gasteiger partial charge in [-0.15, -0.1) is 0 Å². The van der Waals surface area contributed by atoms with Crippen LogP contribution in [-0.4, -0.2) is 30.6 Å². The number of ether oxygens (including phenoxy) is 2. The van der Waals surface area contributed by atoms with Gasteiger partial charge in [0.1, 0.15) is 12.7 Å². The predicted octanol–water partition coefficient (Wildman–Crippen LogP) is 17.7. The molecule has 0 saturated heterocycles. The van der Waals surface area contributed by atoms with Crippen LogP contribution in [0, 0.1) is 5.92 Å². The van der Waals surface area contributed by atoms with Crippen LogP contribution >= 0.6 is 0 Å². The van der Waals surface area contributed by atoms with E-state index >= 15 is 0 Å². The fourth-order valence-corrected chi connectivity index (χ4v) is 8.31. The molecule has 0 fully saturated rings. The van der Waals surface area contributed by atoms with Gasteiger partial charge in [-0.1, -0.05) is 211 Å². The topological polar surface area (TPSA) is 95.7 Å². The summed E-state index contributed by atoms with van der Waals surface area (Å²) >= 11 is 0. The lowest BCUT2D eigenvalue weighted by Crippen LogP contribution is -2.32. The van der Waals surface area contributed by atoms with Crippen molar-refractivity contribution in [2.75, 3.05) is 6.61 Å². The molecule has 63 heavy (non-hydrogen) atoms. The maximum atomic E-state index is 13.0. The highest BCUT2D eigenvalue weighted by Gasteiger charge is 2.25. The molecular formula is C57H105NO5. The summed E-state index contributed by atoms with van der Waals surface area (Å²) in [5.74, 6) is -1.32. The molecule has 368 valence electrons. The second-order valence-corrected chi connectivity index (χ2v) is 18.8. The van der Waals surface area contributed by atoms with Gasteiger partial charge in [0.15, 0.2) is 0 Å². The minimum absolute atomic E-state index is 0.0170. The summed E-state index contributed by atoms with van der Waals surface area (Å²) in [4.78, 5) is 38.4. The number of hydrogen-bond donors (Lipinski definition) is 1. The third-order valence-corrected chi connectivity index (χ3v) is 12.5. The van der Waals surface area contributed by atoms with E-state index in [0.717, 1.165) is 83.5 Å². The first kappa shape index (κ1) is 60.6. The van der Waals surface area contributed by atoms with Crippen molar-refractivity contribution in [1.29, 1.82) is 0 Å². The molecule has 0 aromatic carbocycles. The van der Waals surface area contributed by atoms with Crippen LogP contribution in [-0.2, 0) is 23.9 Å². The molecule has 0 aliphatic carbocycles. The van der Waals surface area contributed by atoms with E-state index in [9.17, 15) is 14.4 Å². The molecule has 0 heterocycles. The van der Waals surface area contributed by atoms with Crippen LogP contribution in [0.5, 0.6) is 0 Å². The second-order valence-electron chi connectivity index (χ2n) is 18.8. The van der Waals surface area contributed by atoms with E-state index in [0.29, 0.717) is 25.7 Å². The Kier molecular flexibility index (Phi) is 48.7. The smallest absolute Gasteiger partial charge is 0.306 e. The lowest BCUT2D eigenvalue weighted by molar-refractivity contribution is -0.160. The Bertz CT molecular complexity index is 1080. The van der Waals surface area contributed by atoms with Crippen molar-refractivity contribution in [1.82, 2.24) is 0 Å². The third-order valence-electron chi connectivity index (χ3n) is 12.5. The Morgan fingerprint density at radius 1 is 0.397 bits per heavy atom. The van der Waals surface area contributed by atoms with Gasteiger partial charge in [0.2, 0.25) is 5.91 Å². The molecule has 2 N–H and O–H groups in total. The highest BCUT2D eigenvalue weighted by molar-refractivity contribution is 5.76. The van der Waals surface area contributed by atoms with E-state index in [2.05, 4.69) is 57.2 Å². The Hall–Kier alpha value is -2.37. The van der Waals surface area contributed by atoms with Crippen molar-refractivity contribution >= 4 is 17.8 Å². The predicted molar refractivity (Wildman–Crippen MR) is 272 cm³/mol. The van der Waals surface area contributed by atoms with Crippen LogP contribution < -0.4 is 5.73 Å². The van der Waals surface area contributed by atoms with E-state index in [1.165, 1.54) is 161 Å². The molecule has 2 unspecified atom stereocenters. The molecule has 2 atom stereocenters. The minimum Gasteiger partial charge on any atom is -0.462 e. The molecule has 0 spiro atoms. The molecule has 0 aromatic rings. The van der Waals surface area contributed by atoms with Crippen LogP contribution in [0.3, 0.4) is 0 Å². The zero-order chi connectivity index (χ0) is 45.9. The number of hydrogen-bond acceptors (Lipinski definition) is 5. The van der Waals surface area contributed by atoms with E-state index in [1.54, 1.807) is 0 Å². The van der Waals surface area contributed by atoms with Crippen molar-refractivity contribution in [2.45, 2.75) is 297 Å². The van der Waals surface area contributed by atoms with Crippen molar-refractivity contribution < 1.29 is 23.9 Å². The summed E-state index contributed by atoms with van der Waals surface area (Å²) < 4.78 is 11.6. The molecule has 0 saturated carbocycles. The molecule has 0 radical (unpaired) electrons. The van der Waals surface area contributed by atoms with Crippen LogP contribution in [0.15, 0.2) is 36.5 Å². The Labute approximate surface area is 391 Å². The van der Waals surface area contributed by atoms with Gasteiger partial charge in [0.25, 0.3) is 0 Å². The summed E-state index contributed by atoms with van der Waals surface area (Å²) in [6.45, 7) is 6.77. The normalized spacial score (nSPS) is 12.8. The lowest BCUT2D eigenvalue weighted by Gasteiger charge is -2.22. The third kappa shape index (κ3) is 47.4. The highest BCUT2D eigenvalue weighted by Crippen LogP contribution is 2.21. The summed E-state index contributed by atoms with van der Waals surface area (Å²) in [7, 11) is 0. The number of rotatable bonds is 50. The highest BCUT2D eigenvalue weighted by atomic mass is 16.6. The van der Waals surface area contributed by atoms with Gasteiger partial charge in [0.05, 0.1) is 0 Å². The largest absolute Gasteiger partial charge is 0.462 e. The van der Waals surface area contributed by atoms with Gasteiger partial charge >= 0.3 is 11.9 Å². The number of esters is 2. The number of carbonyl (C=O) groups excluding carboxylic acids is 3. The molecular weight excluding hydrogens is 779 g/mol. The van der Waals surface area contributed by atoms with Crippen LogP contribution in [0.4, 0.5) is 0 Å². The molecule has 0 aromatic heterocycles. The molecule has 0 rings (SSSR count).